The molecule has 0 radical (unpaired) electrons. The summed E-state index contributed by atoms with van der Waals surface area (Å²) in [7, 11) is 0. The third kappa shape index (κ3) is 2.03. The first kappa shape index (κ1) is 13.6. The molecule has 0 amide bonds. The summed E-state index contributed by atoms with van der Waals surface area (Å²) in [5, 5.41) is 15.8. The lowest BCUT2D eigenvalue weighted by atomic mass is 9.78. The second-order valence-corrected chi connectivity index (χ2v) is 5.74. The molecule has 2 aromatic rings. The summed E-state index contributed by atoms with van der Waals surface area (Å²) in [4.78, 5) is 0. The van der Waals surface area contributed by atoms with E-state index in [-0.39, 0.29) is 18.1 Å². The van der Waals surface area contributed by atoms with Crippen LogP contribution in [0.15, 0.2) is 24.3 Å². The average Bonchev–Trinajstić information content (AvgIpc) is 3.02. The predicted octanol–water partition coefficient (Wildman–Crippen LogP) is 2.39. The second kappa shape index (κ2) is 5.19. The summed E-state index contributed by atoms with van der Waals surface area (Å²) in [5.74, 6) is 0. The molecule has 1 N–H and O–H groups in total. The van der Waals surface area contributed by atoms with Gasteiger partial charge in [0.2, 0.25) is 0 Å². The van der Waals surface area contributed by atoms with Gasteiger partial charge >= 0.3 is 0 Å². The van der Waals surface area contributed by atoms with Crippen LogP contribution in [0.3, 0.4) is 0 Å². The third-order valence-electron chi connectivity index (χ3n) is 4.70. The molecule has 4 heteroatoms. The molecule has 3 rings (SSSR count). The largest absolute Gasteiger partial charge is 0.396 e. The highest BCUT2D eigenvalue weighted by atomic mass is 16.5. The number of benzene rings is 1. The molecule has 1 fully saturated rings. The van der Waals surface area contributed by atoms with Crippen LogP contribution in [-0.2, 0) is 17.7 Å². The van der Waals surface area contributed by atoms with Gasteiger partial charge in [-0.3, -0.25) is 4.68 Å². The molecular weight excluding hydrogens is 252 g/mol. The Morgan fingerprint density at radius 1 is 1.45 bits per heavy atom. The van der Waals surface area contributed by atoms with Gasteiger partial charge in [0.15, 0.2) is 0 Å². The van der Waals surface area contributed by atoms with Crippen molar-refractivity contribution in [2.45, 2.75) is 39.3 Å². The molecule has 0 spiro atoms. The summed E-state index contributed by atoms with van der Waals surface area (Å²) < 4.78 is 7.72. The lowest BCUT2D eigenvalue weighted by Crippen LogP contribution is -2.35. The van der Waals surface area contributed by atoms with Gasteiger partial charge in [0.25, 0.3) is 0 Å². The molecule has 1 aromatic carbocycles. The van der Waals surface area contributed by atoms with E-state index in [1.807, 2.05) is 16.8 Å². The number of ether oxygens (including phenoxy) is 1. The van der Waals surface area contributed by atoms with Gasteiger partial charge in [-0.1, -0.05) is 18.2 Å². The van der Waals surface area contributed by atoms with Gasteiger partial charge in [0.1, 0.15) is 0 Å². The molecule has 108 valence electrons. The third-order valence-corrected chi connectivity index (χ3v) is 4.70. The molecule has 20 heavy (non-hydrogen) atoms. The smallest absolute Gasteiger partial charge is 0.0710 e. The van der Waals surface area contributed by atoms with Crippen LogP contribution >= 0.6 is 0 Å². The van der Waals surface area contributed by atoms with Crippen molar-refractivity contribution in [2.75, 3.05) is 13.2 Å². The van der Waals surface area contributed by atoms with Gasteiger partial charge < -0.3 is 9.84 Å². The number of nitrogens with zero attached hydrogens (tertiary/aromatic N) is 2. The van der Waals surface area contributed by atoms with E-state index in [4.69, 9.17) is 9.84 Å². The van der Waals surface area contributed by atoms with Crippen LogP contribution in [0, 0.1) is 5.41 Å². The number of fused-ring (bicyclic) bond motifs is 1. The van der Waals surface area contributed by atoms with Crippen molar-refractivity contribution in [1.82, 2.24) is 9.78 Å². The summed E-state index contributed by atoms with van der Waals surface area (Å²) in [6.45, 7) is 5.91. The summed E-state index contributed by atoms with van der Waals surface area (Å²) in [6, 6.07) is 8.32. The Morgan fingerprint density at radius 2 is 2.25 bits per heavy atom. The highest BCUT2D eigenvalue weighted by Gasteiger charge is 2.42. The topological polar surface area (TPSA) is 47.3 Å². The molecule has 2 heterocycles. The molecule has 0 saturated carbocycles. The Bertz CT molecular complexity index is 608. The van der Waals surface area contributed by atoms with Gasteiger partial charge in [0, 0.05) is 30.4 Å². The van der Waals surface area contributed by atoms with E-state index in [0.29, 0.717) is 0 Å². The van der Waals surface area contributed by atoms with Gasteiger partial charge in [-0.2, -0.15) is 5.10 Å². The number of hydrogen-bond acceptors (Lipinski definition) is 3. The quantitative estimate of drug-likeness (QED) is 0.931. The van der Waals surface area contributed by atoms with E-state index in [0.717, 1.165) is 31.7 Å². The zero-order chi connectivity index (χ0) is 14.2. The number of hydrogen-bond donors (Lipinski definition) is 1. The summed E-state index contributed by atoms with van der Waals surface area (Å²) >= 11 is 0. The zero-order valence-electron chi connectivity index (χ0n) is 12.2. The van der Waals surface area contributed by atoms with Crippen molar-refractivity contribution >= 4 is 10.9 Å². The minimum absolute atomic E-state index is 0.0815. The molecule has 4 nitrogen and oxygen atoms in total. The number of rotatable bonds is 4. The maximum absolute atomic E-state index is 9.87. The standard InChI is InChI=1S/C16H22N2O2/c1-3-18-15-7-5-4-6-13(15)14(17-18)10-16(11-19)8-9-20-12(16)2/h4-7,12,19H,3,8-11H2,1-2H3. The number of aryl methyl sites for hydroxylation is 1. The van der Waals surface area contributed by atoms with Gasteiger partial charge in [-0.05, 0) is 26.3 Å². The zero-order valence-corrected chi connectivity index (χ0v) is 12.2. The van der Waals surface area contributed by atoms with Crippen molar-refractivity contribution < 1.29 is 9.84 Å². The van der Waals surface area contributed by atoms with Crippen LogP contribution in [0.5, 0.6) is 0 Å². The fourth-order valence-corrected chi connectivity index (χ4v) is 3.22. The van der Waals surface area contributed by atoms with Crippen LogP contribution in [0.25, 0.3) is 10.9 Å². The van der Waals surface area contributed by atoms with Crippen LogP contribution in [-0.4, -0.2) is 34.2 Å². The minimum Gasteiger partial charge on any atom is -0.396 e. The molecule has 0 bridgehead atoms. The second-order valence-electron chi connectivity index (χ2n) is 5.74. The lowest BCUT2D eigenvalue weighted by Gasteiger charge is -2.29. The molecular formula is C16H22N2O2. The van der Waals surface area contributed by atoms with Crippen molar-refractivity contribution in [3.63, 3.8) is 0 Å². The van der Waals surface area contributed by atoms with Crippen LogP contribution in [0.2, 0.25) is 0 Å². The maximum atomic E-state index is 9.87. The molecule has 1 aliphatic rings. The van der Waals surface area contributed by atoms with Gasteiger partial charge in [-0.25, -0.2) is 0 Å². The Balaban J connectivity index is 2.02. The SMILES string of the molecule is CCn1nc(CC2(CO)CCOC2C)c2ccccc21. The number of aliphatic hydroxyl groups is 1. The van der Waals surface area contributed by atoms with Crippen molar-refractivity contribution in [2.24, 2.45) is 5.41 Å². The van der Waals surface area contributed by atoms with Gasteiger partial charge in [0.05, 0.1) is 23.9 Å². The first-order valence-corrected chi connectivity index (χ1v) is 7.37. The number of aromatic nitrogens is 2. The molecule has 1 aliphatic heterocycles. The predicted molar refractivity (Wildman–Crippen MR) is 78.7 cm³/mol. The average molecular weight is 274 g/mol. The Morgan fingerprint density at radius 3 is 2.90 bits per heavy atom. The molecule has 1 aromatic heterocycles. The van der Waals surface area contributed by atoms with Crippen LogP contribution < -0.4 is 0 Å². The fraction of sp³-hybridized carbons (Fsp3) is 0.562. The Kier molecular flexibility index (Phi) is 3.52. The maximum Gasteiger partial charge on any atom is 0.0710 e. The first-order chi connectivity index (χ1) is 9.70. The van der Waals surface area contributed by atoms with Crippen LogP contribution in [0.4, 0.5) is 0 Å². The normalized spacial score (nSPS) is 26.4. The van der Waals surface area contributed by atoms with E-state index in [1.54, 1.807) is 0 Å². The molecule has 2 atom stereocenters. The molecule has 2 unspecified atom stereocenters. The fourth-order valence-electron chi connectivity index (χ4n) is 3.22. The monoisotopic (exact) mass is 274 g/mol. The molecule has 0 aliphatic carbocycles. The van der Waals surface area contributed by atoms with Crippen molar-refractivity contribution in [3.05, 3.63) is 30.0 Å². The highest BCUT2D eigenvalue weighted by Crippen LogP contribution is 2.38. The van der Waals surface area contributed by atoms with Crippen molar-refractivity contribution in [1.29, 1.82) is 0 Å². The summed E-state index contributed by atoms with van der Waals surface area (Å²) in [5.41, 5.74) is 2.06. The Hall–Kier alpha value is -1.39. The van der Waals surface area contributed by atoms with E-state index >= 15 is 0 Å². The van der Waals surface area contributed by atoms with Crippen molar-refractivity contribution in [3.8, 4) is 0 Å². The van der Waals surface area contributed by atoms with E-state index in [9.17, 15) is 5.11 Å². The lowest BCUT2D eigenvalue weighted by molar-refractivity contribution is 0.0267. The Labute approximate surface area is 119 Å². The van der Waals surface area contributed by atoms with Gasteiger partial charge in [-0.15, -0.1) is 0 Å². The van der Waals surface area contributed by atoms with Crippen LogP contribution in [0.1, 0.15) is 26.0 Å². The number of para-hydroxylation sites is 1. The first-order valence-electron chi connectivity index (χ1n) is 7.37. The van der Waals surface area contributed by atoms with E-state index in [1.165, 1.54) is 10.9 Å². The summed E-state index contributed by atoms with van der Waals surface area (Å²) in [6.07, 6.45) is 1.76. The van der Waals surface area contributed by atoms with E-state index in [2.05, 4.69) is 26.0 Å². The number of aliphatic hydroxyl groups excluding tert-OH is 1. The highest BCUT2D eigenvalue weighted by molar-refractivity contribution is 5.82. The molecule has 1 saturated heterocycles. The van der Waals surface area contributed by atoms with E-state index < -0.39 is 0 Å². The minimum atomic E-state index is -0.185.